The molecule has 0 amide bonds. The topological polar surface area (TPSA) is 32.8 Å². The summed E-state index contributed by atoms with van der Waals surface area (Å²) in [6, 6.07) is 159. The first-order valence-corrected chi connectivity index (χ1v) is 39.7. The van der Waals surface area contributed by atoms with Gasteiger partial charge in [-0.05, 0) is 236 Å². The molecule has 116 heavy (non-hydrogen) atoms. The molecule has 0 N–H and O–H groups in total. The molecule has 0 saturated carbocycles. The number of furan rings is 2. The molecule has 0 saturated heterocycles. The molecular weight excluding hydrogens is 1410 g/mol. The van der Waals surface area contributed by atoms with Crippen molar-refractivity contribution in [3.05, 3.63) is 437 Å². The Balaban J connectivity index is 0.600. The molecule has 20 aromatic carbocycles. The third kappa shape index (κ3) is 12.0. The van der Waals surface area contributed by atoms with Crippen molar-refractivity contribution in [1.29, 1.82) is 0 Å². The molecule has 0 aliphatic carbocycles. The van der Waals surface area contributed by atoms with E-state index in [1.165, 1.54) is 70.9 Å². The molecular formula is C112H72N2O2. The van der Waals surface area contributed by atoms with Gasteiger partial charge in [0.2, 0.25) is 0 Å². The summed E-state index contributed by atoms with van der Waals surface area (Å²) < 4.78 is 13.4. The fourth-order valence-electron chi connectivity index (χ4n) is 17.8. The second-order valence-corrected chi connectivity index (χ2v) is 30.2. The SMILES string of the molecule is c1ccc(-c2cccc(-c3ccc(N(c4ccc(-c5cccc6c5ccc5ccccc56)cc4)c4ccccc4-c4ccc5c(c4)oc4ccc(-c6ccc(-c7ccc(N(c8ccc(-c9cccc%10c9ccc9ccccc9%10)cc8)c8ccccc8-c8ccc9c(c8)oc8ccccc89)c(-c8ccccc8)c7)cc6)cc45)cc3)c2)cc1. The molecule has 0 radical (unpaired) electrons. The van der Waals surface area contributed by atoms with Gasteiger partial charge in [-0.3, -0.25) is 0 Å². The van der Waals surface area contributed by atoms with Crippen LogP contribution < -0.4 is 9.80 Å². The number of hydrogen-bond donors (Lipinski definition) is 0. The van der Waals surface area contributed by atoms with Crippen LogP contribution in [0.1, 0.15) is 0 Å². The summed E-state index contributed by atoms with van der Waals surface area (Å²) >= 11 is 0. The lowest BCUT2D eigenvalue weighted by atomic mass is 9.93. The van der Waals surface area contributed by atoms with Crippen molar-refractivity contribution < 1.29 is 8.83 Å². The van der Waals surface area contributed by atoms with E-state index >= 15 is 0 Å². The summed E-state index contributed by atoms with van der Waals surface area (Å²) in [5.74, 6) is 0. The average Bonchev–Trinajstić information content (AvgIpc) is 1.26. The summed E-state index contributed by atoms with van der Waals surface area (Å²) in [7, 11) is 0. The van der Waals surface area contributed by atoms with Crippen LogP contribution in [0.15, 0.2) is 446 Å². The minimum Gasteiger partial charge on any atom is -0.456 e. The van der Waals surface area contributed by atoms with Crippen LogP contribution in [0, 0.1) is 0 Å². The van der Waals surface area contributed by atoms with E-state index in [2.05, 4.69) is 434 Å². The van der Waals surface area contributed by atoms with Gasteiger partial charge in [-0.25, -0.2) is 0 Å². The van der Waals surface area contributed by atoms with Crippen LogP contribution in [0.2, 0.25) is 0 Å². The Hall–Kier alpha value is -15.4. The highest BCUT2D eigenvalue weighted by molar-refractivity contribution is 6.15. The van der Waals surface area contributed by atoms with Crippen LogP contribution >= 0.6 is 0 Å². The van der Waals surface area contributed by atoms with E-state index in [-0.39, 0.29) is 0 Å². The molecule has 0 aliphatic rings. The Morgan fingerprint density at radius 1 is 0.138 bits per heavy atom. The second-order valence-electron chi connectivity index (χ2n) is 30.2. The van der Waals surface area contributed by atoms with E-state index < -0.39 is 0 Å². The minimum absolute atomic E-state index is 0.830. The maximum atomic E-state index is 6.87. The first-order valence-electron chi connectivity index (χ1n) is 39.7. The smallest absolute Gasteiger partial charge is 0.136 e. The van der Waals surface area contributed by atoms with Gasteiger partial charge >= 0.3 is 0 Å². The maximum Gasteiger partial charge on any atom is 0.136 e. The monoisotopic (exact) mass is 1480 g/mol. The predicted molar refractivity (Wildman–Crippen MR) is 489 cm³/mol. The van der Waals surface area contributed by atoms with Crippen molar-refractivity contribution in [2.75, 3.05) is 9.80 Å². The van der Waals surface area contributed by atoms with E-state index in [1.807, 2.05) is 12.1 Å². The largest absolute Gasteiger partial charge is 0.456 e. The van der Waals surface area contributed by atoms with Gasteiger partial charge in [0.15, 0.2) is 0 Å². The quantitative estimate of drug-likeness (QED) is 0.0958. The van der Waals surface area contributed by atoms with Gasteiger partial charge in [-0.15, -0.1) is 0 Å². The lowest BCUT2D eigenvalue weighted by Crippen LogP contribution is -2.12. The van der Waals surface area contributed by atoms with Crippen molar-refractivity contribution in [1.82, 2.24) is 0 Å². The van der Waals surface area contributed by atoms with Gasteiger partial charge in [-0.2, -0.15) is 0 Å². The Morgan fingerprint density at radius 3 is 1.04 bits per heavy atom. The lowest BCUT2D eigenvalue weighted by Gasteiger charge is -2.30. The van der Waals surface area contributed by atoms with E-state index in [0.29, 0.717) is 0 Å². The minimum atomic E-state index is 0.830. The number of rotatable bonds is 15. The molecule has 2 heterocycles. The first-order chi connectivity index (χ1) is 57.5. The van der Waals surface area contributed by atoms with Crippen molar-refractivity contribution in [2.45, 2.75) is 0 Å². The van der Waals surface area contributed by atoms with Crippen LogP contribution in [0.3, 0.4) is 0 Å². The number of benzene rings is 20. The number of para-hydroxylation sites is 3. The molecule has 0 atom stereocenters. The molecule has 4 heteroatoms. The van der Waals surface area contributed by atoms with Crippen molar-refractivity contribution in [3.8, 4) is 100 Å². The van der Waals surface area contributed by atoms with Crippen LogP contribution in [0.5, 0.6) is 0 Å². The van der Waals surface area contributed by atoms with Crippen LogP contribution in [-0.2, 0) is 0 Å². The van der Waals surface area contributed by atoms with Crippen LogP contribution in [0.25, 0.3) is 187 Å². The predicted octanol–water partition coefficient (Wildman–Crippen LogP) is 32.0. The molecule has 0 spiro atoms. The maximum absolute atomic E-state index is 6.87. The second kappa shape index (κ2) is 28.4. The molecule has 542 valence electrons. The zero-order valence-electron chi connectivity index (χ0n) is 63.3. The Morgan fingerprint density at radius 2 is 0.474 bits per heavy atom. The Kier molecular flexibility index (Phi) is 16.6. The van der Waals surface area contributed by atoms with Gasteiger partial charge in [0.25, 0.3) is 0 Å². The molecule has 0 fully saturated rings. The summed E-state index contributed by atoms with van der Waals surface area (Å²) in [6.07, 6.45) is 0. The van der Waals surface area contributed by atoms with Crippen molar-refractivity contribution in [3.63, 3.8) is 0 Å². The third-order valence-corrected chi connectivity index (χ3v) is 23.5. The number of nitrogens with zero attached hydrogens (tertiary/aromatic N) is 2. The normalized spacial score (nSPS) is 11.6. The summed E-state index contributed by atoms with van der Waals surface area (Å²) in [6.45, 7) is 0. The molecule has 0 bridgehead atoms. The molecule has 0 aliphatic heterocycles. The molecule has 4 nitrogen and oxygen atoms in total. The van der Waals surface area contributed by atoms with Gasteiger partial charge in [-0.1, -0.05) is 328 Å². The standard InChI is InChI=1S/C112H72N2O2/c1-3-20-73(21-4-1)82-26-17-27-83(68-82)76-44-56-88(57-45-76)113(89-58-46-80(47-59-89)93-33-18-35-97-91-28-9-7-24-78(91)50-62-99(93)97)106-37-14-11-30-95(106)86-53-65-103-105-70-85(55-67-110(105)116-112(103)72-86)75-42-40-74(41-43-75)84-54-66-108(104(69-84)77-22-5-2-6-23-77)114(107-38-15-12-31-96(107)87-52-64-102-101-32-13-16-39-109(101)115-111(102)71-87)90-60-48-81(49-61-90)94-34-19-36-98-92-29-10-8-25-79(92)51-63-100(94)98/h1-72H. The van der Waals surface area contributed by atoms with Crippen LogP contribution in [0.4, 0.5) is 34.1 Å². The Bertz CT molecular complexity index is 7550. The van der Waals surface area contributed by atoms with E-state index in [9.17, 15) is 0 Å². The lowest BCUT2D eigenvalue weighted by molar-refractivity contribution is 0.668. The molecule has 0 unspecified atom stereocenters. The van der Waals surface area contributed by atoms with Gasteiger partial charge in [0.1, 0.15) is 22.3 Å². The van der Waals surface area contributed by atoms with E-state index in [0.717, 1.165) is 150 Å². The number of fused-ring (bicyclic) bond motifs is 12. The highest BCUT2D eigenvalue weighted by Gasteiger charge is 2.25. The van der Waals surface area contributed by atoms with E-state index in [1.54, 1.807) is 0 Å². The first kappa shape index (κ1) is 67.5. The van der Waals surface area contributed by atoms with Gasteiger partial charge in [0.05, 0.1) is 17.1 Å². The van der Waals surface area contributed by atoms with Crippen molar-refractivity contribution >= 4 is 121 Å². The Labute approximate surface area is 672 Å². The zero-order chi connectivity index (χ0) is 76.6. The summed E-state index contributed by atoms with van der Waals surface area (Å²) in [4.78, 5) is 4.84. The summed E-state index contributed by atoms with van der Waals surface area (Å²) in [5, 5.41) is 14.3. The van der Waals surface area contributed by atoms with Crippen LogP contribution in [-0.4, -0.2) is 0 Å². The fourth-order valence-corrected chi connectivity index (χ4v) is 17.8. The zero-order valence-corrected chi connectivity index (χ0v) is 63.3. The third-order valence-electron chi connectivity index (χ3n) is 23.5. The van der Waals surface area contributed by atoms with Gasteiger partial charge in [0, 0.05) is 55.3 Å². The summed E-state index contributed by atoms with van der Waals surface area (Å²) in [5.41, 5.74) is 30.1. The highest BCUT2D eigenvalue weighted by Crippen LogP contribution is 2.50. The fraction of sp³-hybridized carbons (Fsp3) is 0. The van der Waals surface area contributed by atoms with Crippen molar-refractivity contribution in [2.24, 2.45) is 0 Å². The average molecular weight is 1480 g/mol. The molecule has 22 rings (SSSR count). The van der Waals surface area contributed by atoms with E-state index in [4.69, 9.17) is 8.83 Å². The highest BCUT2D eigenvalue weighted by atomic mass is 16.3. The number of anilines is 6. The van der Waals surface area contributed by atoms with Gasteiger partial charge < -0.3 is 18.6 Å². The molecule has 2 aromatic heterocycles. The molecule has 22 aromatic rings. The number of hydrogen-bond acceptors (Lipinski definition) is 4.